The predicted octanol–water partition coefficient (Wildman–Crippen LogP) is 4.71. The summed E-state index contributed by atoms with van der Waals surface area (Å²) in [5, 5.41) is 3.06. The molecule has 0 spiro atoms. The second kappa shape index (κ2) is 6.58. The van der Waals surface area contributed by atoms with Crippen LogP contribution in [0.2, 0.25) is 0 Å². The third-order valence-corrected chi connectivity index (χ3v) is 6.36. The second-order valence-electron chi connectivity index (χ2n) is 5.26. The third-order valence-electron chi connectivity index (χ3n) is 3.77. The molecule has 114 valence electrons. The van der Waals surface area contributed by atoms with Crippen molar-refractivity contribution in [2.24, 2.45) is 0 Å². The van der Waals surface area contributed by atoms with Crippen molar-refractivity contribution in [2.75, 3.05) is 5.75 Å². The van der Waals surface area contributed by atoms with Crippen molar-refractivity contribution in [3.63, 3.8) is 0 Å². The number of fused-ring (bicyclic) bond motifs is 1. The number of thioether (sulfide) groups is 1. The summed E-state index contributed by atoms with van der Waals surface area (Å²) in [6.45, 7) is 1.99. The molecule has 1 aliphatic rings. The fourth-order valence-electron chi connectivity index (χ4n) is 2.60. The topological polar surface area (TPSA) is 29.1 Å². The number of hydrogen-bond donors (Lipinski definition) is 1. The van der Waals surface area contributed by atoms with Gasteiger partial charge in [0.1, 0.15) is 5.82 Å². The number of benzene rings is 2. The molecule has 2 nitrogen and oxygen atoms in total. The van der Waals surface area contributed by atoms with E-state index in [0.29, 0.717) is 10.5 Å². The van der Waals surface area contributed by atoms with Crippen molar-refractivity contribution in [3.8, 4) is 0 Å². The Balaban J connectivity index is 1.87. The summed E-state index contributed by atoms with van der Waals surface area (Å²) in [5.41, 5.74) is 2.64. The average molecular weight is 427 g/mol. The summed E-state index contributed by atoms with van der Waals surface area (Å²) in [6.07, 6.45) is 0.815. The number of halogens is 2. The Labute approximate surface area is 147 Å². The van der Waals surface area contributed by atoms with Crippen LogP contribution in [0.15, 0.2) is 41.3 Å². The van der Waals surface area contributed by atoms with Crippen LogP contribution in [0.5, 0.6) is 0 Å². The highest BCUT2D eigenvalue weighted by Gasteiger charge is 2.25. The van der Waals surface area contributed by atoms with Crippen LogP contribution in [-0.2, 0) is 0 Å². The fraction of sp³-hybridized carbons (Fsp3) is 0.235. The monoisotopic (exact) mass is 427 g/mol. The molecule has 5 heteroatoms. The minimum Gasteiger partial charge on any atom is -0.345 e. The van der Waals surface area contributed by atoms with Gasteiger partial charge in [-0.25, -0.2) is 4.39 Å². The number of hydrogen-bond acceptors (Lipinski definition) is 2. The summed E-state index contributed by atoms with van der Waals surface area (Å²) in [4.78, 5) is 13.2. The summed E-state index contributed by atoms with van der Waals surface area (Å²) in [7, 11) is 0. The van der Waals surface area contributed by atoms with Gasteiger partial charge in [-0.2, -0.15) is 0 Å². The minimum atomic E-state index is -0.202. The highest BCUT2D eigenvalue weighted by Crippen LogP contribution is 2.37. The standard InChI is InChI=1S/C17H15FINOS/c1-10-4-2-6-12(15(10)19)17(21)20-14-8-9-22-16-11(14)5-3-7-13(16)18/h2-7,14H,8-9H2,1H3,(H,20,21). The summed E-state index contributed by atoms with van der Waals surface area (Å²) < 4.78 is 14.8. The Bertz CT molecular complexity index is 735. The van der Waals surface area contributed by atoms with Crippen molar-refractivity contribution >= 4 is 40.3 Å². The molecule has 0 fully saturated rings. The molecule has 1 unspecified atom stereocenters. The van der Waals surface area contributed by atoms with E-state index in [-0.39, 0.29) is 17.8 Å². The molecule has 2 aromatic carbocycles. The van der Waals surface area contributed by atoms with Gasteiger partial charge in [0, 0.05) is 14.2 Å². The number of aryl methyl sites for hydroxylation is 1. The van der Waals surface area contributed by atoms with Crippen molar-refractivity contribution in [1.82, 2.24) is 5.32 Å². The molecule has 1 heterocycles. The third kappa shape index (κ3) is 3.01. The second-order valence-corrected chi connectivity index (χ2v) is 7.44. The van der Waals surface area contributed by atoms with Gasteiger partial charge in [-0.3, -0.25) is 4.79 Å². The van der Waals surface area contributed by atoms with E-state index in [0.717, 1.165) is 26.9 Å². The molecule has 1 N–H and O–H groups in total. The first-order valence-electron chi connectivity index (χ1n) is 7.05. The molecule has 0 saturated carbocycles. The molecule has 0 aromatic heterocycles. The van der Waals surface area contributed by atoms with E-state index in [1.807, 2.05) is 31.2 Å². The maximum absolute atomic E-state index is 13.9. The minimum absolute atomic E-state index is 0.0970. The summed E-state index contributed by atoms with van der Waals surface area (Å²) in [5.74, 6) is 0.510. The Kier molecular flexibility index (Phi) is 4.73. The van der Waals surface area contributed by atoms with Crippen molar-refractivity contribution < 1.29 is 9.18 Å². The predicted molar refractivity (Wildman–Crippen MR) is 95.8 cm³/mol. The zero-order valence-corrected chi connectivity index (χ0v) is 15.0. The summed E-state index contributed by atoms with van der Waals surface area (Å²) >= 11 is 3.71. The van der Waals surface area contributed by atoms with Crippen LogP contribution in [0, 0.1) is 16.3 Å². The molecule has 2 aromatic rings. The van der Waals surface area contributed by atoms with Crippen molar-refractivity contribution in [2.45, 2.75) is 24.3 Å². The molecule has 3 rings (SSSR count). The van der Waals surface area contributed by atoms with Crippen LogP contribution in [0.4, 0.5) is 4.39 Å². The van der Waals surface area contributed by atoms with Gasteiger partial charge in [0.15, 0.2) is 0 Å². The normalized spacial score (nSPS) is 17.0. The van der Waals surface area contributed by atoms with Crippen molar-refractivity contribution in [3.05, 3.63) is 62.5 Å². The van der Waals surface area contributed by atoms with Crippen LogP contribution >= 0.6 is 34.4 Å². The molecule has 1 aliphatic heterocycles. The SMILES string of the molecule is Cc1cccc(C(=O)NC2CCSc3c(F)cccc32)c1I. The quantitative estimate of drug-likeness (QED) is 0.704. The van der Waals surface area contributed by atoms with E-state index in [4.69, 9.17) is 0 Å². The van der Waals surface area contributed by atoms with Crippen LogP contribution < -0.4 is 5.32 Å². The van der Waals surface area contributed by atoms with Gasteiger partial charge in [0.2, 0.25) is 0 Å². The van der Waals surface area contributed by atoms with E-state index in [1.54, 1.807) is 6.07 Å². The Hall–Kier alpha value is -1.08. The van der Waals surface area contributed by atoms with Gasteiger partial charge in [-0.1, -0.05) is 24.3 Å². The molecule has 0 aliphatic carbocycles. The molecule has 22 heavy (non-hydrogen) atoms. The maximum atomic E-state index is 13.9. The molecular formula is C17H15FINOS. The first kappa shape index (κ1) is 15.8. The lowest BCUT2D eigenvalue weighted by atomic mass is 10.0. The number of carbonyl (C=O) groups excluding carboxylic acids is 1. The number of nitrogens with one attached hydrogen (secondary N) is 1. The molecule has 1 amide bonds. The summed E-state index contributed by atoms with van der Waals surface area (Å²) in [6, 6.07) is 10.6. The van der Waals surface area contributed by atoms with E-state index in [1.165, 1.54) is 17.8 Å². The molecular weight excluding hydrogens is 412 g/mol. The zero-order chi connectivity index (χ0) is 15.7. The first-order valence-corrected chi connectivity index (χ1v) is 9.11. The van der Waals surface area contributed by atoms with Gasteiger partial charge in [-0.05, 0) is 59.2 Å². The first-order chi connectivity index (χ1) is 10.6. The van der Waals surface area contributed by atoms with Gasteiger partial charge >= 0.3 is 0 Å². The maximum Gasteiger partial charge on any atom is 0.252 e. The van der Waals surface area contributed by atoms with Gasteiger partial charge in [0.05, 0.1) is 11.6 Å². The molecule has 0 saturated heterocycles. The number of carbonyl (C=O) groups is 1. The smallest absolute Gasteiger partial charge is 0.252 e. The van der Waals surface area contributed by atoms with E-state index >= 15 is 0 Å². The molecule has 0 radical (unpaired) electrons. The van der Waals surface area contributed by atoms with Gasteiger partial charge in [-0.15, -0.1) is 11.8 Å². The highest BCUT2D eigenvalue weighted by atomic mass is 127. The van der Waals surface area contributed by atoms with Crippen LogP contribution in [-0.4, -0.2) is 11.7 Å². The Morgan fingerprint density at radius 3 is 2.91 bits per heavy atom. The van der Waals surface area contributed by atoms with E-state index < -0.39 is 0 Å². The highest BCUT2D eigenvalue weighted by molar-refractivity contribution is 14.1. The lowest BCUT2D eigenvalue weighted by Gasteiger charge is -2.26. The number of amides is 1. The van der Waals surface area contributed by atoms with E-state index in [9.17, 15) is 9.18 Å². The fourth-order valence-corrected chi connectivity index (χ4v) is 4.34. The van der Waals surface area contributed by atoms with Crippen LogP contribution in [0.1, 0.15) is 33.9 Å². The largest absolute Gasteiger partial charge is 0.345 e. The lowest BCUT2D eigenvalue weighted by molar-refractivity contribution is 0.0933. The zero-order valence-electron chi connectivity index (χ0n) is 12.0. The lowest BCUT2D eigenvalue weighted by Crippen LogP contribution is -2.31. The Morgan fingerprint density at radius 1 is 1.32 bits per heavy atom. The van der Waals surface area contributed by atoms with Crippen molar-refractivity contribution in [1.29, 1.82) is 0 Å². The Morgan fingerprint density at radius 2 is 2.09 bits per heavy atom. The number of rotatable bonds is 2. The van der Waals surface area contributed by atoms with Crippen LogP contribution in [0.25, 0.3) is 0 Å². The molecule has 0 bridgehead atoms. The van der Waals surface area contributed by atoms with E-state index in [2.05, 4.69) is 27.9 Å². The average Bonchev–Trinajstić information content (AvgIpc) is 2.51. The van der Waals surface area contributed by atoms with Gasteiger partial charge in [0.25, 0.3) is 5.91 Å². The van der Waals surface area contributed by atoms with Gasteiger partial charge < -0.3 is 5.32 Å². The molecule has 1 atom stereocenters. The van der Waals surface area contributed by atoms with Crippen LogP contribution in [0.3, 0.4) is 0 Å².